The van der Waals surface area contributed by atoms with E-state index in [1.807, 2.05) is 18.3 Å². The van der Waals surface area contributed by atoms with Gasteiger partial charge >= 0.3 is 0 Å². The van der Waals surface area contributed by atoms with Crippen LogP contribution in [0.5, 0.6) is 0 Å². The van der Waals surface area contributed by atoms with Gasteiger partial charge in [-0.05, 0) is 24.6 Å². The molecule has 0 amide bonds. The average Bonchev–Trinajstić information content (AvgIpc) is 2.46. The van der Waals surface area contributed by atoms with Gasteiger partial charge in [0.25, 0.3) is 0 Å². The number of hydrogen-bond donors (Lipinski definition) is 0. The number of halogens is 1. The molecule has 0 N–H and O–H groups in total. The van der Waals surface area contributed by atoms with E-state index in [-0.39, 0.29) is 0 Å². The first-order valence-electron chi connectivity index (χ1n) is 6.13. The van der Waals surface area contributed by atoms with Gasteiger partial charge in [-0.15, -0.1) is 11.6 Å². The largest absolute Gasteiger partial charge is 0.367 e. The molecule has 0 aliphatic heterocycles. The zero-order chi connectivity index (χ0) is 12.8. The van der Waals surface area contributed by atoms with Crippen molar-refractivity contribution in [2.75, 3.05) is 11.4 Å². The summed E-state index contributed by atoms with van der Waals surface area (Å²) in [4.78, 5) is 6.54. The van der Waals surface area contributed by atoms with Gasteiger partial charge in [0.15, 0.2) is 0 Å². The third kappa shape index (κ3) is 3.23. The summed E-state index contributed by atoms with van der Waals surface area (Å²) in [7, 11) is 0. The molecule has 1 aromatic carbocycles. The molecular formula is C15H17ClN2. The second-order valence-corrected chi connectivity index (χ2v) is 4.41. The number of anilines is 1. The summed E-state index contributed by atoms with van der Waals surface area (Å²) >= 11 is 5.83. The van der Waals surface area contributed by atoms with Gasteiger partial charge in [-0.25, -0.2) is 0 Å². The highest BCUT2D eigenvalue weighted by Crippen LogP contribution is 2.18. The fourth-order valence-electron chi connectivity index (χ4n) is 1.92. The lowest BCUT2D eigenvalue weighted by Crippen LogP contribution is -2.22. The van der Waals surface area contributed by atoms with Crippen molar-refractivity contribution in [2.24, 2.45) is 0 Å². The zero-order valence-corrected chi connectivity index (χ0v) is 11.3. The molecule has 0 unspecified atom stereocenters. The Bertz CT molecular complexity index is 485. The summed E-state index contributed by atoms with van der Waals surface area (Å²) in [5, 5.41) is 0. The molecule has 2 rings (SSSR count). The summed E-state index contributed by atoms with van der Waals surface area (Å²) in [6.07, 6.45) is 1.82. The van der Waals surface area contributed by atoms with Crippen LogP contribution < -0.4 is 4.90 Å². The molecule has 0 atom stereocenters. The minimum absolute atomic E-state index is 0.455. The second-order valence-electron chi connectivity index (χ2n) is 4.14. The van der Waals surface area contributed by atoms with E-state index in [0.29, 0.717) is 5.88 Å². The summed E-state index contributed by atoms with van der Waals surface area (Å²) in [5.74, 6) is 0.455. The highest BCUT2D eigenvalue weighted by molar-refractivity contribution is 6.16. The maximum Gasteiger partial charge on any atom is 0.0648 e. The van der Waals surface area contributed by atoms with E-state index >= 15 is 0 Å². The quantitative estimate of drug-likeness (QED) is 0.760. The molecular weight excluding hydrogens is 244 g/mol. The average molecular weight is 261 g/mol. The highest BCUT2D eigenvalue weighted by atomic mass is 35.5. The van der Waals surface area contributed by atoms with Crippen LogP contribution in [-0.2, 0) is 12.4 Å². The van der Waals surface area contributed by atoms with Gasteiger partial charge in [-0.1, -0.05) is 30.3 Å². The zero-order valence-electron chi connectivity index (χ0n) is 10.5. The number of rotatable bonds is 5. The molecule has 0 aliphatic rings. The number of aromatic nitrogens is 1. The Morgan fingerprint density at radius 1 is 1.17 bits per heavy atom. The summed E-state index contributed by atoms with van der Waals surface area (Å²) in [5.41, 5.74) is 3.40. The van der Waals surface area contributed by atoms with Crippen molar-refractivity contribution >= 4 is 17.3 Å². The predicted octanol–water partition coefficient (Wildman–Crippen LogP) is 3.85. The van der Waals surface area contributed by atoms with Crippen molar-refractivity contribution in [3.05, 3.63) is 59.9 Å². The second kappa shape index (κ2) is 6.41. The van der Waals surface area contributed by atoms with Crippen LogP contribution in [0.4, 0.5) is 5.69 Å². The molecule has 0 fully saturated rings. The summed E-state index contributed by atoms with van der Waals surface area (Å²) in [6.45, 7) is 4.02. The Labute approximate surface area is 113 Å². The van der Waals surface area contributed by atoms with E-state index in [1.165, 1.54) is 11.3 Å². The van der Waals surface area contributed by atoms with Crippen LogP contribution in [0.3, 0.4) is 0 Å². The van der Waals surface area contributed by atoms with Gasteiger partial charge in [-0.2, -0.15) is 0 Å². The fourth-order valence-corrected chi connectivity index (χ4v) is 2.07. The van der Waals surface area contributed by atoms with E-state index < -0.39 is 0 Å². The first kappa shape index (κ1) is 12.9. The Morgan fingerprint density at radius 2 is 1.94 bits per heavy atom. The molecule has 1 heterocycles. The Morgan fingerprint density at radius 3 is 2.61 bits per heavy atom. The third-order valence-electron chi connectivity index (χ3n) is 2.90. The minimum Gasteiger partial charge on any atom is -0.367 e. The van der Waals surface area contributed by atoms with Crippen LogP contribution in [-0.4, -0.2) is 11.5 Å². The van der Waals surface area contributed by atoms with Gasteiger partial charge in [0.1, 0.15) is 0 Å². The third-order valence-corrected chi connectivity index (χ3v) is 3.17. The summed E-state index contributed by atoms with van der Waals surface area (Å²) in [6, 6.07) is 14.6. The maximum absolute atomic E-state index is 5.83. The van der Waals surface area contributed by atoms with Gasteiger partial charge in [0.2, 0.25) is 0 Å². The van der Waals surface area contributed by atoms with E-state index in [4.69, 9.17) is 11.6 Å². The fraction of sp³-hybridized carbons (Fsp3) is 0.267. The van der Waals surface area contributed by atoms with Crippen LogP contribution in [0.2, 0.25) is 0 Å². The highest BCUT2D eigenvalue weighted by Gasteiger charge is 2.06. The van der Waals surface area contributed by atoms with Crippen LogP contribution >= 0.6 is 11.6 Å². The number of hydrogen-bond acceptors (Lipinski definition) is 2. The molecule has 2 aromatic rings. The molecule has 0 saturated carbocycles. The van der Waals surface area contributed by atoms with E-state index in [2.05, 4.69) is 47.1 Å². The Balaban J connectivity index is 2.17. The lowest BCUT2D eigenvalue weighted by Gasteiger charge is -2.23. The van der Waals surface area contributed by atoms with Crippen LogP contribution in [0.15, 0.2) is 48.7 Å². The molecule has 2 nitrogen and oxygen atoms in total. The lowest BCUT2D eigenvalue weighted by atomic mass is 10.2. The summed E-state index contributed by atoms with van der Waals surface area (Å²) < 4.78 is 0. The molecule has 0 radical (unpaired) electrons. The standard InChI is InChI=1S/C15H17ClN2/c1-2-18(12-13-6-4-3-5-7-13)15-8-9-17-14(10-15)11-16/h3-10H,2,11-12H2,1H3. The monoisotopic (exact) mass is 260 g/mol. The number of benzene rings is 1. The molecule has 0 aliphatic carbocycles. The Kier molecular flexibility index (Phi) is 4.59. The van der Waals surface area contributed by atoms with Gasteiger partial charge < -0.3 is 4.90 Å². The van der Waals surface area contributed by atoms with Crippen molar-refractivity contribution < 1.29 is 0 Å². The van der Waals surface area contributed by atoms with E-state index in [0.717, 1.165) is 18.8 Å². The molecule has 1 aromatic heterocycles. The Hall–Kier alpha value is -1.54. The van der Waals surface area contributed by atoms with Gasteiger partial charge in [0, 0.05) is 25.0 Å². The first-order valence-corrected chi connectivity index (χ1v) is 6.66. The number of pyridine rings is 1. The molecule has 0 bridgehead atoms. The van der Waals surface area contributed by atoms with Crippen LogP contribution in [0.1, 0.15) is 18.2 Å². The van der Waals surface area contributed by atoms with Crippen molar-refractivity contribution in [3.63, 3.8) is 0 Å². The van der Waals surface area contributed by atoms with Crippen molar-refractivity contribution in [1.82, 2.24) is 4.98 Å². The number of nitrogens with zero attached hydrogens (tertiary/aromatic N) is 2. The maximum atomic E-state index is 5.83. The van der Waals surface area contributed by atoms with Crippen molar-refractivity contribution in [3.8, 4) is 0 Å². The minimum atomic E-state index is 0.455. The predicted molar refractivity (Wildman–Crippen MR) is 77.0 cm³/mol. The molecule has 3 heteroatoms. The molecule has 0 saturated heterocycles. The van der Waals surface area contributed by atoms with E-state index in [1.54, 1.807) is 0 Å². The van der Waals surface area contributed by atoms with Crippen LogP contribution in [0.25, 0.3) is 0 Å². The molecule has 94 valence electrons. The molecule has 18 heavy (non-hydrogen) atoms. The van der Waals surface area contributed by atoms with Crippen molar-refractivity contribution in [2.45, 2.75) is 19.3 Å². The van der Waals surface area contributed by atoms with E-state index in [9.17, 15) is 0 Å². The topological polar surface area (TPSA) is 16.1 Å². The SMILES string of the molecule is CCN(Cc1ccccc1)c1ccnc(CCl)c1. The number of alkyl halides is 1. The van der Waals surface area contributed by atoms with Gasteiger partial charge in [-0.3, -0.25) is 4.98 Å². The first-order chi connectivity index (χ1) is 8.83. The van der Waals surface area contributed by atoms with Crippen LogP contribution in [0, 0.1) is 0 Å². The lowest BCUT2D eigenvalue weighted by molar-refractivity contribution is 0.829. The van der Waals surface area contributed by atoms with Crippen molar-refractivity contribution in [1.29, 1.82) is 0 Å². The molecule has 0 spiro atoms. The van der Waals surface area contributed by atoms with Gasteiger partial charge in [0.05, 0.1) is 11.6 Å². The smallest absolute Gasteiger partial charge is 0.0648 e. The normalized spacial score (nSPS) is 10.3.